The Labute approximate surface area is 105 Å². The molecule has 0 atom stereocenters. The first kappa shape index (κ1) is 13.2. The molecule has 0 saturated carbocycles. The van der Waals surface area contributed by atoms with Crippen LogP contribution in [-0.2, 0) is 4.79 Å². The minimum absolute atomic E-state index is 0.00748. The van der Waals surface area contributed by atoms with Gasteiger partial charge in [0.25, 0.3) is 0 Å². The molecule has 1 aliphatic heterocycles. The molecule has 8 heteroatoms. The van der Waals surface area contributed by atoms with Gasteiger partial charge in [0.05, 0.1) is 11.6 Å². The average molecular weight is 274 g/mol. The van der Waals surface area contributed by atoms with E-state index in [1.54, 1.807) is 0 Å². The molecule has 0 unspecified atom stereocenters. The largest absolute Gasteiger partial charge is 0.481 e. The molecular formula is C11H9F3N2O3. The number of urea groups is 1. The Morgan fingerprint density at radius 1 is 1.16 bits per heavy atom. The van der Waals surface area contributed by atoms with E-state index in [4.69, 9.17) is 5.11 Å². The fourth-order valence-electron chi connectivity index (χ4n) is 1.61. The average Bonchev–Trinajstić information content (AvgIpc) is 2.23. The van der Waals surface area contributed by atoms with Crippen molar-refractivity contribution in [1.29, 1.82) is 0 Å². The van der Waals surface area contributed by atoms with Crippen molar-refractivity contribution in [2.24, 2.45) is 5.92 Å². The molecule has 0 aromatic heterocycles. The molecule has 0 radical (unpaired) electrons. The summed E-state index contributed by atoms with van der Waals surface area (Å²) >= 11 is 0. The summed E-state index contributed by atoms with van der Waals surface area (Å²) in [6, 6.07) is 0.0837. The van der Waals surface area contributed by atoms with Crippen LogP contribution in [0.5, 0.6) is 0 Å². The predicted octanol–water partition coefficient (Wildman–Crippen LogP) is 1.65. The van der Waals surface area contributed by atoms with Crippen LogP contribution in [0.4, 0.5) is 23.7 Å². The number of rotatable bonds is 2. The number of benzene rings is 1. The maximum absolute atomic E-state index is 13.2. The molecule has 19 heavy (non-hydrogen) atoms. The van der Waals surface area contributed by atoms with Crippen LogP contribution in [0.3, 0.4) is 0 Å². The first-order valence-electron chi connectivity index (χ1n) is 5.31. The number of nitrogens with one attached hydrogen (secondary N) is 1. The van der Waals surface area contributed by atoms with E-state index in [0.717, 1.165) is 4.90 Å². The van der Waals surface area contributed by atoms with Crippen molar-refractivity contribution in [1.82, 2.24) is 4.90 Å². The number of halogens is 3. The highest BCUT2D eigenvalue weighted by Gasteiger charge is 2.35. The second-order valence-corrected chi connectivity index (χ2v) is 4.12. The molecule has 1 aromatic rings. The second-order valence-electron chi connectivity index (χ2n) is 4.12. The van der Waals surface area contributed by atoms with Crippen molar-refractivity contribution in [2.45, 2.75) is 0 Å². The molecule has 1 aliphatic rings. The first-order valence-corrected chi connectivity index (χ1v) is 5.31. The highest BCUT2D eigenvalue weighted by molar-refractivity contribution is 5.91. The number of carbonyl (C=O) groups is 2. The number of nitrogens with zero attached hydrogens (tertiary/aromatic N) is 1. The van der Waals surface area contributed by atoms with Gasteiger partial charge in [0.1, 0.15) is 5.82 Å². The molecule has 2 N–H and O–H groups in total. The molecule has 1 fully saturated rings. The predicted molar refractivity (Wildman–Crippen MR) is 58.0 cm³/mol. The van der Waals surface area contributed by atoms with Crippen molar-refractivity contribution in [3.63, 3.8) is 0 Å². The van der Waals surface area contributed by atoms with Crippen LogP contribution in [0.1, 0.15) is 0 Å². The number of carboxylic acids is 1. The smallest absolute Gasteiger partial charge is 0.321 e. The van der Waals surface area contributed by atoms with Gasteiger partial charge in [-0.3, -0.25) is 4.79 Å². The van der Waals surface area contributed by atoms with Gasteiger partial charge in [-0.1, -0.05) is 0 Å². The van der Waals surface area contributed by atoms with E-state index in [1.165, 1.54) is 0 Å². The molecule has 1 aromatic carbocycles. The summed E-state index contributed by atoms with van der Waals surface area (Å²) in [6.07, 6.45) is 0. The number of carboxylic acid groups (broad SMARTS) is 1. The summed E-state index contributed by atoms with van der Waals surface area (Å²) < 4.78 is 38.8. The minimum Gasteiger partial charge on any atom is -0.481 e. The summed E-state index contributed by atoms with van der Waals surface area (Å²) in [6.45, 7) is -0.0150. The zero-order chi connectivity index (χ0) is 14.2. The van der Waals surface area contributed by atoms with Crippen LogP contribution in [0.15, 0.2) is 12.1 Å². The van der Waals surface area contributed by atoms with E-state index in [0.29, 0.717) is 12.1 Å². The lowest BCUT2D eigenvalue weighted by Crippen LogP contribution is -2.54. The quantitative estimate of drug-likeness (QED) is 0.806. The molecule has 102 valence electrons. The van der Waals surface area contributed by atoms with Gasteiger partial charge in [-0.15, -0.1) is 0 Å². The van der Waals surface area contributed by atoms with Gasteiger partial charge >= 0.3 is 12.0 Å². The molecule has 1 saturated heterocycles. The Bertz CT molecular complexity index is 544. The van der Waals surface area contributed by atoms with E-state index in [-0.39, 0.29) is 13.1 Å². The van der Waals surface area contributed by atoms with E-state index in [9.17, 15) is 22.8 Å². The number of carbonyl (C=O) groups excluding carboxylic acids is 1. The molecule has 5 nitrogen and oxygen atoms in total. The number of hydrogen-bond acceptors (Lipinski definition) is 2. The Hall–Kier alpha value is -2.25. The SMILES string of the molecule is O=C(O)C1CN(C(=O)Nc2cc(F)c(F)cc2F)C1. The monoisotopic (exact) mass is 274 g/mol. The third-order valence-electron chi connectivity index (χ3n) is 2.77. The molecule has 0 bridgehead atoms. The molecular weight excluding hydrogens is 265 g/mol. The van der Waals surface area contributed by atoms with Crippen molar-refractivity contribution in [3.05, 3.63) is 29.6 Å². The number of amides is 2. The summed E-state index contributed by atoms with van der Waals surface area (Å²) in [4.78, 5) is 23.2. The van der Waals surface area contributed by atoms with Crippen LogP contribution >= 0.6 is 0 Å². The molecule has 0 spiro atoms. The van der Waals surface area contributed by atoms with Crippen molar-refractivity contribution < 1.29 is 27.9 Å². The van der Waals surface area contributed by atoms with Gasteiger partial charge in [-0.2, -0.15) is 0 Å². The number of likely N-dealkylation sites (tertiary alicyclic amines) is 1. The first-order chi connectivity index (χ1) is 8.88. The highest BCUT2D eigenvalue weighted by atomic mass is 19.2. The van der Waals surface area contributed by atoms with Gasteiger partial charge in [0, 0.05) is 25.2 Å². The molecule has 0 aliphatic carbocycles. The second kappa shape index (κ2) is 4.79. The van der Waals surface area contributed by atoms with Crippen LogP contribution in [0.2, 0.25) is 0 Å². The number of hydrogen-bond donors (Lipinski definition) is 2. The maximum atomic E-state index is 13.2. The van der Waals surface area contributed by atoms with Crippen molar-refractivity contribution in [3.8, 4) is 0 Å². The van der Waals surface area contributed by atoms with E-state index in [1.807, 2.05) is 0 Å². The highest BCUT2D eigenvalue weighted by Crippen LogP contribution is 2.21. The summed E-state index contributed by atoms with van der Waals surface area (Å²) in [5.41, 5.74) is -0.498. The van der Waals surface area contributed by atoms with Gasteiger partial charge in [0.15, 0.2) is 11.6 Å². The van der Waals surface area contributed by atoms with Crippen LogP contribution in [0.25, 0.3) is 0 Å². The minimum atomic E-state index is -1.36. The van der Waals surface area contributed by atoms with E-state index in [2.05, 4.69) is 5.32 Å². The summed E-state index contributed by atoms with van der Waals surface area (Å²) in [5.74, 6) is -5.43. The summed E-state index contributed by atoms with van der Waals surface area (Å²) in [5, 5.41) is 10.7. The normalized spacial score (nSPS) is 15.0. The van der Waals surface area contributed by atoms with Crippen LogP contribution < -0.4 is 5.32 Å². The van der Waals surface area contributed by atoms with Gasteiger partial charge in [0.2, 0.25) is 0 Å². The van der Waals surface area contributed by atoms with Crippen molar-refractivity contribution in [2.75, 3.05) is 18.4 Å². The van der Waals surface area contributed by atoms with Gasteiger partial charge < -0.3 is 15.3 Å². The summed E-state index contributed by atoms with van der Waals surface area (Å²) in [7, 11) is 0. The lowest BCUT2D eigenvalue weighted by molar-refractivity contribution is -0.145. The van der Waals surface area contributed by atoms with Crippen molar-refractivity contribution >= 4 is 17.7 Å². The number of anilines is 1. The standard InChI is InChI=1S/C11H9F3N2O3/c12-6-1-8(14)9(2-7(6)13)15-11(19)16-3-5(4-16)10(17)18/h1-2,5H,3-4H2,(H,15,19)(H,17,18). The topological polar surface area (TPSA) is 69.6 Å². The maximum Gasteiger partial charge on any atom is 0.321 e. The molecule has 2 rings (SSSR count). The molecule has 2 amide bonds. The van der Waals surface area contributed by atoms with Crippen LogP contribution in [0, 0.1) is 23.4 Å². The Kier molecular flexibility index (Phi) is 3.32. The zero-order valence-corrected chi connectivity index (χ0v) is 9.49. The molecule has 1 heterocycles. The Balaban J connectivity index is 2.01. The lowest BCUT2D eigenvalue weighted by atomic mass is 10.0. The van der Waals surface area contributed by atoms with Crippen LogP contribution in [-0.4, -0.2) is 35.1 Å². The fraction of sp³-hybridized carbons (Fsp3) is 0.273. The zero-order valence-electron chi connectivity index (χ0n) is 9.49. The van der Waals surface area contributed by atoms with Gasteiger partial charge in [-0.25, -0.2) is 18.0 Å². The van der Waals surface area contributed by atoms with E-state index < -0.39 is 41.1 Å². The third kappa shape index (κ3) is 2.61. The third-order valence-corrected chi connectivity index (χ3v) is 2.77. The lowest BCUT2D eigenvalue weighted by Gasteiger charge is -2.36. The number of aliphatic carboxylic acids is 1. The Morgan fingerprint density at radius 2 is 1.74 bits per heavy atom. The van der Waals surface area contributed by atoms with Gasteiger partial charge in [-0.05, 0) is 0 Å². The Morgan fingerprint density at radius 3 is 2.32 bits per heavy atom. The van der Waals surface area contributed by atoms with E-state index >= 15 is 0 Å². The fourth-order valence-corrected chi connectivity index (χ4v) is 1.61.